The molecule has 6 N–H and O–H groups in total. The Morgan fingerprint density at radius 3 is 1.47 bits per heavy atom. The van der Waals surface area contributed by atoms with Crippen molar-refractivity contribution >= 4 is 35.9 Å². The van der Waals surface area contributed by atoms with E-state index in [1.807, 2.05) is 82.3 Å². The van der Waals surface area contributed by atoms with Crippen LogP contribution in [0.15, 0.2) is 119 Å². The van der Waals surface area contributed by atoms with E-state index in [0.717, 1.165) is 123 Å². The molecule has 0 aliphatic carbocycles. The maximum atomic E-state index is 13.8. The number of halogens is 2. The molecule has 6 aromatic rings. The van der Waals surface area contributed by atoms with Crippen molar-refractivity contribution < 1.29 is 38.1 Å². The Bertz CT molecular complexity index is 2930. The van der Waals surface area contributed by atoms with Crippen LogP contribution in [0, 0.1) is 25.5 Å². The van der Waals surface area contributed by atoms with Crippen LogP contribution in [0.2, 0.25) is 0 Å². The third-order valence-electron chi connectivity index (χ3n) is 13.1. The van der Waals surface area contributed by atoms with E-state index in [4.69, 9.17) is 15.2 Å². The lowest BCUT2D eigenvalue weighted by atomic mass is 9.89. The number of carbonyl (C=O) groups is 2. The number of aryl methyl sites for hydroxylation is 3. The van der Waals surface area contributed by atoms with E-state index in [2.05, 4.69) is 39.3 Å². The zero-order valence-corrected chi connectivity index (χ0v) is 44.1. The fourth-order valence-electron chi connectivity index (χ4n) is 9.00. The molecule has 0 fully saturated rings. The van der Waals surface area contributed by atoms with Gasteiger partial charge in [0.1, 0.15) is 29.0 Å². The van der Waals surface area contributed by atoms with E-state index >= 15 is 0 Å². The van der Waals surface area contributed by atoms with Gasteiger partial charge in [-0.2, -0.15) is 12.6 Å². The quantitative estimate of drug-likeness (QED) is 0.0342. The predicted molar refractivity (Wildman–Crippen MR) is 296 cm³/mol. The number of Topliss-reactive ketones (excluding diaryl/α,β-unsaturated/α-hetero) is 2. The van der Waals surface area contributed by atoms with Crippen molar-refractivity contribution in [2.45, 2.75) is 85.0 Å². The summed E-state index contributed by atoms with van der Waals surface area (Å²) >= 11 is 4.02. The van der Waals surface area contributed by atoms with Crippen LogP contribution in [0.5, 0.6) is 11.5 Å². The van der Waals surface area contributed by atoms with Crippen LogP contribution in [0.4, 0.5) is 8.78 Å². The van der Waals surface area contributed by atoms with Crippen molar-refractivity contribution in [3.05, 3.63) is 176 Å². The average molecular weight is 1030 g/mol. The molecule has 2 aliphatic rings. The van der Waals surface area contributed by atoms with Crippen LogP contribution in [0.3, 0.4) is 0 Å². The lowest BCUT2D eigenvalue weighted by molar-refractivity contribution is 0.0967. The molecule has 0 amide bonds. The highest BCUT2D eigenvalue weighted by molar-refractivity contribution is 7.81. The molecule has 2 unspecified atom stereocenters. The maximum Gasteiger partial charge on any atom is 0.163 e. The summed E-state index contributed by atoms with van der Waals surface area (Å²) in [5.74, 6) is 3.44. The second kappa shape index (κ2) is 27.5. The molecule has 390 valence electrons. The van der Waals surface area contributed by atoms with Crippen LogP contribution in [0.25, 0.3) is 22.3 Å². The van der Waals surface area contributed by atoms with Gasteiger partial charge in [0.25, 0.3) is 0 Å². The van der Waals surface area contributed by atoms with Crippen LogP contribution in [-0.4, -0.2) is 79.6 Å². The van der Waals surface area contributed by atoms with E-state index in [1.54, 1.807) is 38.5 Å². The van der Waals surface area contributed by atoms with Gasteiger partial charge in [-0.05, 0) is 178 Å². The predicted octanol–water partition coefficient (Wildman–Crippen LogP) is 10.7. The molecule has 2 aliphatic heterocycles. The summed E-state index contributed by atoms with van der Waals surface area (Å²) in [5, 5.41) is 25.5. The van der Waals surface area contributed by atoms with Gasteiger partial charge >= 0.3 is 0 Å². The number of methoxy groups -OCH3 is 2. The molecular weight excluding hydrogens is 957 g/mol. The number of carbonyl (C=O) groups excluding carboxylic acids is 2. The Morgan fingerprint density at radius 1 is 0.622 bits per heavy atom. The van der Waals surface area contributed by atoms with E-state index in [0.29, 0.717) is 42.0 Å². The van der Waals surface area contributed by atoms with Gasteiger partial charge in [0, 0.05) is 55.8 Å². The summed E-state index contributed by atoms with van der Waals surface area (Å²) in [5.41, 5.74) is 17.5. The van der Waals surface area contributed by atoms with Crippen molar-refractivity contribution in [3.8, 4) is 33.8 Å². The molecule has 2 heterocycles. The first-order valence-corrected chi connectivity index (χ1v) is 25.6. The van der Waals surface area contributed by atoms with Crippen molar-refractivity contribution in [2.75, 3.05) is 46.2 Å². The monoisotopic (exact) mass is 1030 g/mol. The Hall–Kier alpha value is -6.71. The normalized spacial score (nSPS) is 13.5. The van der Waals surface area contributed by atoms with Crippen LogP contribution < -0.4 is 25.8 Å². The number of aliphatic hydroxyl groups is 2. The van der Waals surface area contributed by atoms with Gasteiger partial charge in [0.15, 0.2) is 11.6 Å². The fourth-order valence-corrected chi connectivity index (χ4v) is 9.21. The molecule has 0 radical (unpaired) electrons. The zero-order valence-electron chi connectivity index (χ0n) is 43.2. The minimum Gasteiger partial charge on any atom is -0.497 e. The standard InChI is InChI=1S/C30H33FN2O3.C26H28FNO3.C4H8N2S/c1-19(23-14-22(18-34)15-27(17-23)36-3)11-29(35)25-13-21(4-7-30-32-8-9-33-30)12-24(16-25)28-6-5-26(31)10-20(28)2;1-16(20-10-19(15-29)11-24(13-20)31-3)7-26(30)22-9-18(14-28)8-21(12-22)25-5-4-23(27)6-17(25)2;7-3-4-5-1-2-6-4/h5-6,10,12-17,19,34H,4,7-9,11,18H2,1-3H3,(H,32,33);4-6,8-13,16,29H,7,14-15,28H2,1-3H3;7H,1-3H2,(H,5,6). The summed E-state index contributed by atoms with van der Waals surface area (Å²) < 4.78 is 38.0. The van der Waals surface area contributed by atoms with E-state index < -0.39 is 0 Å². The maximum absolute atomic E-state index is 13.8. The van der Waals surface area contributed by atoms with E-state index in [-0.39, 0.29) is 48.3 Å². The minimum atomic E-state index is -0.290. The highest BCUT2D eigenvalue weighted by atomic mass is 32.1. The number of ketones is 2. The lowest BCUT2D eigenvalue weighted by Gasteiger charge is -2.16. The lowest BCUT2D eigenvalue weighted by Crippen LogP contribution is -2.19. The van der Waals surface area contributed by atoms with Gasteiger partial charge in [0.05, 0.1) is 46.4 Å². The van der Waals surface area contributed by atoms with E-state index in [1.165, 1.54) is 24.3 Å². The first-order chi connectivity index (χ1) is 35.6. The third kappa shape index (κ3) is 15.9. The number of aliphatic hydroxyl groups excluding tert-OH is 2. The highest BCUT2D eigenvalue weighted by Crippen LogP contribution is 2.33. The minimum absolute atomic E-state index is 0.00261. The summed E-state index contributed by atoms with van der Waals surface area (Å²) in [6, 6.07) is 32.1. The number of nitrogens with two attached hydrogens (primary N) is 1. The Balaban J connectivity index is 0.000000214. The highest BCUT2D eigenvalue weighted by Gasteiger charge is 2.20. The Kier molecular flexibility index (Phi) is 21.1. The second-order valence-corrected chi connectivity index (χ2v) is 19.0. The van der Waals surface area contributed by atoms with Gasteiger partial charge in [-0.15, -0.1) is 0 Å². The topological polar surface area (TPSA) is 168 Å². The first kappa shape index (κ1) is 56.6. The molecule has 6 aromatic carbocycles. The second-order valence-electron chi connectivity index (χ2n) is 18.7. The number of amidine groups is 2. The van der Waals surface area contributed by atoms with Gasteiger partial charge in [-0.25, -0.2) is 8.78 Å². The van der Waals surface area contributed by atoms with Crippen molar-refractivity contribution in [3.63, 3.8) is 0 Å². The van der Waals surface area contributed by atoms with Gasteiger partial charge in [-0.3, -0.25) is 19.6 Å². The number of nitrogens with zero attached hydrogens (tertiary/aromatic N) is 2. The molecule has 74 heavy (non-hydrogen) atoms. The summed E-state index contributed by atoms with van der Waals surface area (Å²) in [7, 11) is 3.17. The Labute approximate surface area is 439 Å². The SMILES string of the molecule is COc1cc(CO)cc(C(C)CC(=O)c2cc(CCC3=NCCN3)cc(-c3ccc(F)cc3C)c2)c1.COc1cc(CO)cc(C(C)CC(=O)c2cc(CN)cc(-c3ccc(F)cc3C)c2)c1.SCC1=NCCN1. The molecule has 8 rings (SSSR count). The number of hydrogen-bond donors (Lipinski definition) is 6. The molecule has 11 nitrogen and oxygen atoms in total. The van der Waals surface area contributed by atoms with Crippen molar-refractivity contribution in [1.29, 1.82) is 0 Å². The molecule has 2 atom stereocenters. The smallest absolute Gasteiger partial charge is 0.163 e. The van der Waals surface area contributed by atoms with Gasteiger partial charge < -0.3 is 36.1 Å². The molecule has 0 bridgehead atoms. The van der Waals surface area contributed by atoms with Crippen molar-refractivity contribution in [1.82, 2.24) is 10.6 Å². The third-order valence-corrected chi connectivity index (χ3v) is 13.4. The van der Waals surface area contributed by atoms with E-state index in [9.17, 15) is 28.6 Å². The molecule has 0 saturated heterocycles. The Morgan fingerprint density at radius 2 is 1.08 bits per heavy atom. The number of thiol groups is 1. The average Bonchev–Trinajstić information content (AvgIpc) is 4.16. The molecular formula is C60H69F2N5O6S. The largest absolute Gasteiger partial charge is 0.497 e. The van der Waals surface area contributed by atoms with Crippen LogP contribution in [0.1, 0.15) is 110 Å². The van der Waals surface area contributed by atoms with Crippen LogP contribution in [-0.2, 0) is 26.2 Å². The molecule has 14 heteroatoms. The molecule has 0 spiro atoms. The number of aliphatic imine (C=N–C) groups is 2. The molecule has 0 aromatic heterocycles. The molecule has 0 saturated carbocycles. The number of benzene rings is 6. The van der Waals surface area contributed by atoms with Crippen molar-refractivity contribution in [2.24, 2.45) is 15.7 Å². The summed E-state index contributed by atoms with van der Waals surface area (Å²) in [6.07, 6.45) is 2.15. The van der Waals surface area contributed by atoms with Crippen LogP contribution >= 0.6 is 12.6 Å². The number of nitrogens with one attached hydrogen (secondary N) is 2. The number of hydrogen-bond acceptors (Lipinski definition) is 12. The first-order valence-electron chi connectivity index (χ1n) is 24.9. The number of rotatable bonds is 19. The van der Waals surface area contributed by atoms with Gasteiger partial charge in [0.2, 0.25) is 0 Å². The summed E-state index contributed by atoms with van der Waals surface area (Å²) in [6.45, 7) is 11.4. The van der Waals surface area contributed by atoms with Gasteiger partial charge in [-0.1, -0.05) is 44.2 Å². The summed E-state index contributed by atoms with van der Waals surface area (Å²) in [4.78, 5) is 35.2. The number of ether oxygens (including phenoxy) is 2. The fraction of sp³-hybridized carbons (Fsp3) is 0.333. The zero-order chi connectivity index (χ0) is 53.3.